The average molecular weight is 301 g/mol. The molecule has 1 fully saturated rings. The summed E-state index contributed by atoms with van der Waals surface area (Å²) < 4.78 is 18.4. The highest BCUT2D eigenvalue weighted by molar-refractivity contribution is 9.09. The number of ether oxygens (including phenoxy) is 1. The first kappa shape index (κ1) is 13.0. The van der Waals surface area contributed by atoms with E-state index in [0.717, 1.165) is 25.7 Å². The van der Waals surface area contributed by atoms with E-state index < -0.39 is 0 Å². The Bertz CT molecular complexity index is 353. The first-order valence-corrected chi connectivity index (χ1v) is 6.99. The normalized spacial score (nSPS) is 19.7. The van der Waals surface area contributed by atoms with Crippen LogP contribution in [-0.2, 0) is 11.2 Å². The monoisotopic (exact) mass is 300 g/mol. The van der Waals surface area contributed by atoms with E-state index in [-0.39, 0.29) is 11.4 Å². The smallest absolute Gasteiger partial charge is 0.123 e. The minimum absolute atomic E-state index is 0.0915. The molecule has 0 aromatic heterocycles. The topological polar surface area (TPSA) is 9.23 Å². The molecule has 1 saturated carbocycles. The van der Waals surface area contributed by atoms with Gasteiger partial charge in [-0.15, -0.1) is 0 Å². The van der Waals surface area contributed by atoms with E-state index in [2.05, 4.69) is 15.9 Å². The lowest BCUT2D eigenvalue weighted by Gasteiger charge is -2.42. The quantitative estimate of drug-likeness (QED) is 0.744. The number of methoxy groups -OCH3 is 1. The van der Waals surface area contributed by atoms with Crippen LogP contribution in [0.15, 0.2) is 24.3 Å². The number of benzene rings is 1. The molecule has 94 valence electrons. The second-order valence-corrected chi connectivity index (χ2v) is 6.17. The first-order valence-electron chi connectivity index (χ1n) is 6.07. The van der Waals surface area contributed by atoms with Gasteiger partial charge in [-0.05, 0) is 49.8 Å². The Morgan fingerprint density at radius 1 is 1.35 bits per heavy atom. The van der Waals surface area contributed by atoms with Gasteiger partial charge in [-0.2, -0.15) is 0 Å². The van der Waals surface area contributed by atoms with E-state index in [1.807, 2.05) is 12.1 Å². The predicted molar refractivity (Wildman–Crippen MR) is 71.0 cm³/mol. The van der Waals surface area contributed by atoms with Gasteiger partial charge in [-0.25, -0.2) is 4.39 Å². The molecule has 0 saturated heterocycles. The lowest BCUT2D eigenvalue weighted by atomic mass is 9.76. The maximum absolute atomic E-state index is 12.8. The maximum Gasteiger partial charge on any atom is 0.123 e. The Hall–Kier alpha value is -0.410. The lowest BCUT2D eigenvalue weighted by Crippen LogP contribution is -2.41. The summed E-state index contributed by atoms with van der Waals surface area (Å²) >= 11 is 3.71. The summed E-state index contributed by atoms with van der Waals surface area (Å²) in [4.78, 5) is 0.396. The van der Waals surface area contributed by atoms with Gasteiger partial charge in [0.05, 0.1) is 5.60 Å². The van der Waals surface area contributed by atoms with Crippen LogP contribution in [-0.4, -0.2) is 17.5 Å². The first-order chi connectivity index (χ1) is 8.13. The van der Waals surface area contributed by atoms with Gasteiger partial charge in [0, 0.05) is 11.9 Å². The third-order valence-electron chi connectivity index (χ3n) is 3.66. The summed E-state index contributed by atoms with van der Waals surface area (Å²) in [5.41, 5.74) is 1.26. The molecule has 0 amide bonds. The molecular weight excluding hydrogens is 283 g/mol. The van der Waals surface area contributed by atoms with Crippen LogP contribution in [0.5, 0.6) is 0 Å². The second-order valence-electron chi connectivity index (χ2n) is 4.87. The average Bonchev–Trinajstić information content (AvgIpc) is 2.27. The van der Waals surface area contributed by atoms with E-state index in [4.69, 9.17) is 4.74 Å². The zero-order valence-electron chi connectivity index (χ0n) is 10.1. The van der Waals surface area contributed by atoms with Crippen LogP contribution in [0.4, 0.5) is 4.39 Å². The van der Waals surface area contributed by atoms with E-state index in [1.54, 1.807) is 7.11 Å². The summed E-state index contributed by atoms with van der Waals surface area (Å²) in [5.74, 6) is -0.174. The molecule has 0 bridgehead atoms. The van der Waals surface area contributed by atoms with Gasteiger partial charge in [0.15, 0.2) is 0 Å². The van der Waals surface area contributed by atoms with Crippen LogP contribution in [0.1, 0.15) is 31.2 Å². The van der Waals surface area contributed by atoms with E-state index in [1.165, 1.54) is 24.1 Å². The molecule has 1 unspecified atom stereocenters. The molecule has 0 spiro atoms. The third-order valence-corrected chi connectivity index (χ3v) is 4.31. The van der Waals surface area contributed by atoms with Gasteiger partial charge in [0.25, 0.3) is 0 Å². The third kappa shape index (κ3) is 3.29. The highest BCUT2D eigenvalue weighted by atomic mass is 79.9. The standard InChI is InChI=1S/C14H18BrFO/c1-17-14(7-2-8-14)10-12(15)9-11-3-5-13(16)6-4-11/h3-6,12H,2,7-10H2,1H3. The van der Waals surface area contributed by atoms with Crippen molar-refractivity contribution in [3.05, 3.63) is 35.6 Å². The molecular formula is C14H18BrFO. The summed E-state index contributed by atoms with van der Waals surface area (Å²) in [6.07, 6.45) is 5.54. The van der Waals surface area contributed by atoms with Gasteiger partial charge in [0.1, 0.15) is 5.82 Å². The van der Waals surface area contributed by atoms with Crippen LogP contribution in [0.3, 0.4) is 0 Å². The summed E-state index contributed by atoms with van der Waals surface area (Å²) in [7, 11) is 1.80. The number of alkyl halides is 1. The summed E-state index contributed by atoms with van der Waals surface area (Å²) in [6, 6.07) is 6.74. The highest BCUT2D eigenvalue weighted by Gasteiger charge is 2.38. The van der Waals surface area contributed by atoms with Crippen LogP contribution in [0.2, 0.25) is 0 Å². The van der Waals surface area contributed by atoms with Crippen molar-refractivity contribution in [2.45, 2.75) is 42.5 Å². The Kier molecular flexibility index (Phi) is 4.21. The van der Waals surface area contributed by atoms with Gasteiger partial charge in [0.2, 0.25) is 0 Å². The van der Waals surface area contributed by atoms with Gasteiger partial charge < -0.3 is 4.74 Å². The SMILES string of the molecule is COC1(CC(Br)Cc2ccc(F)cc2)CCC1. The Balaban J connectivity index is 1.88. The molecule has 17 heavy (non-hydrogen) atoms. The Labute approximate surface area is 110 Å². The van der Waals surface area contributed by atoms with Crippen molar-refractivity contribution in [3.63, 3.8) is 0 Å². The second kappa shape index (κ2) is 5.49. The van der Waals surface area contributed by atoms with Crippen molar-refractivity contribution >= 4 is 15.9 Å². The van der Waals surface area contributed by atoms with Crippen LogP contribution >= 0.6 is 15.9 Å². The molecule has 1 nitrogen and oxygen atoms in total. The summed E-state index contributed by atoms with van der Waals surface area (Å²) in [6.45, 7) is 0. The highest BCUT2D eigenvalue weighted by Crippen LogP contribution is 2.40. The summed E-state index contributed by atoms with van der Waals surface area (Å²) in [5, 5.41) is 0. The Morgan fingerprint density at radius 3 is 2.47 bits per heavy atom. The number of rotatable bonds is 5. The molecule has 0 radical (unpaired) electrons. The molecule has 0 heterocycles. The zero-order valence-corrected chi connectivity index (χ0v) is 11.7. The van der Waals surface area contributed by atoms with Gasteiger partial charge in [-0.1, -0.05) is 28.1 Å². The van der Waals surface area contributed by atoms with Crippen LogP contribution in [0.25, 0.3) is 0 Å². The molecule has 1 aromatic rings. The molecule has 1 aliphatic carbocycles. The molecule has 0 aliphatic heterocycles. The maximum atomic E-state index is 12.8. The van der Waals surface area contributed by atoms with Crippen molar-refractivity contribution in [2.75, 3.05) is 7.11 Å². The molecule has 2 rings (SSSR count). The molecule has 1 atom stereocenters. The fraction of sp³-hybridized carbons (Fsp3) is 0.571. The molecule has 1 aromatic carbocycles. The van der Waals surface area contributed by atoms with E-state index in [0.29, 0.717) is 4.83 Å². The fourth-order valence-electron chi connectivity index (χ4n) is 2.41. The minimum Gasteiger partial charge on any atom is -0.378 e. The Morgan fingerprint density at radius 2 is 2.00 bits per heavy atom. The fourth-order valence-corrected chi connectivity index (χ4v) is 3.38. The van der Waals surface area contributed by atoms with E-state index >= 15 is 0 Å². The van der Waals surface area contributed by atoms with E-state index in [9.17, 15) is 4.39 Å². The van der Waals surface area contributed by atoms with Crippen molar-refractivity contribution in [1.29, 1.82) is 0 Å². The minimum atomic E-state index is -0.174. The predicted octanol–water partition coefficient (Wildman–Crippen LogP) is 4.09. The molecule has 0 N–H and O–H groups in total. The van der Waals surface area contributed by atoms with Gasteiger partial charge >= 0.3 is 0 Å². The molecule has 3 heteroatoms. The van der Waals surface area contributed by atoms with Crippen molar-refractivity contribution < 1.29 is 9.13 Å². The zero-order chi connectivity index (χ0) is 12.3. The van der Waals surface area contributed by atoms with Crippen molar-refractivity contribution in [1.82, 2.24) is 0 Å². The molecule has 1 aliphatic rings. The van der Waals surface area contributed by atoms with Gasteiger partial charge in [-0.3, -0.25) is 0 Å². The van der Waals surface area contributed by atoms with Crippen molar-refractivity contribution in [3.8, 4) is 0 Å². The van der Waals surface area contributed by atoms with Crippen LogP contribution < -0.4 is 0 Å². The van der Waals surface area contributed by atoms with Crippen molar-refractivity contribution in [2.24, 2.45) is 0 Å². The number of hydrogen-bond acceptors (Lipinski definition) is 1. The number of hydrogen-bond donors (Lipinski definition) is 0. The largest absolute Gasteiger partial charge is 0.378 e. The van der Waals surface area contributed by atoms with Crippen LogP contribution in [0, 0.1) is 5.82 Å². The number of halogens is 2. The lowest BCUT2D eigenvalue weighted by molar-refractivity contribution is -0.0770.